The number of alkyl halides is 1. The predicted octanol–water partition coefficient (Wildman–Crippen LogP) is 1.50. The van der Waals surface area contributed by atoms with Crippen molar-refractivity contribution in [2.75, 3.05) is 5.33 Å². The number of carbonyl (C=O) groups excluding carboxylic acids is 2. The summed E-state index contributed by atoms with van der Waals surface area (Å²) < 4.78 is 5.11. The molecule has 5 heteroatoms. The fourth-order valence-electron chi connectivity index (χ4n) is 1.70. The smallest absolute Gasteiger partial charge is 0.321 e. The zero-order valence-electron chi connectivity index (χ0n) is 9.18. The lowest BCUT2D eigenvalue weighted by atomic mass is 10.0. The average Bonchev–Trinajstić information content (AvgIpc) is 2.38. The van der Waals surface area contributed by atoms with E-state index >= 15 is 0 Å². The molecule has 0 atom stereocenters. The Bertz CT molecular complexity index is 621. The Morgan fingerprint density at radius 2 is 1.78 bits per heavy atom. The molecule has 0 N–H and O–H groups in total. The van der Waals surface area contributed by atoms with Crippen molar-refractivity contribution < 1.29 is 19.4 Å². The first-order valence-electron chi connectivity index (χ1n) is 5.13. The summed E-state index contributed by atoms with van der Waals surface area (Å²) in [4.78, 5) is 22.2. The lowest BCUT2D eigenvalue weighted by Gasteiger charge is -2.10. The van der Waals surface area contributed by atoms with Crippen molar-refractivity contribution in [1.29, 1.82) is 0 Å². The summed E-state index contributed by atoms with van der Waals surface area (Å²) >= 11 is 3.00. The Hall–Kier alpha value is -1.88. The first-order chi connectivity index (χ1) is 8.63. The van der Waals surface area contributed by atoms with Gasteiger partial charge in [-0.1, -0.05) is 46.3 Å². The van der Waals surface area contributed by atoms with Crippen LogP contribution in [0, 0.1) is 0 Å². The van der Waals surface area contributed by atoms with Gasteiger partial charge in [0.2, 0.25) is 0 Å². The molecular formula is C13H8BrO4-. The number of ether oxygens (including phenoxy) is 1. The zero-order chi connectivity index (χ0) is 13.1. The van der Waals surface area contributed by atoms with Crippen molar-refractivity contribution in [3.63, 3.8) is 0 Å². The summed E-state index contributed by atoms with van der Waals surface area (Å²) in [6.07, 6.45) is 0. The van der Waals surface area contributed by atoms with Crippen LogP contribution in [-0.4, -0.2) is 17.3 Å². The largest absolute Gasteiger partial charge is 0.545 e. The van der Waals surface area contributed by atoms with E-state index in [9.17, 15) is 14.7 Å². The van der Waals surface area contributed by atoms with Crippen molar-refractivity contribution in [2.24, 2.45) is 0 Å². The number of carbonyl (C=O) groups is 2. The molecule has 0 radical (unpaired) electrons. The first-order valence-corrected chi connectivity index (χ1v) is 6.25. The second kappa shape index (κ2) is 5.18. The number of fused-ring (bicyclic) bond motifs is 1. The van der Waals surface area contributed by atoms with Crippen molar-refractivity contribution in [3.05, 3.63) is 42.0 Å². The Balaban J connectivity index is 2.60. The maximum Gasteiger partial charge on any atom is 0.321 e. The number of carboxylic acids is 1. The highest BCUT2D eigenvalue weighted by molar-refractivity contribution is 9.09. The Kier molecular flexibility index (Phi) is 3.62. The summed E-state index contributed by atoms with van der Waals surface area (Å²) in [5, 5.41) is 12.1. The van der Waals surface area contributed by atoms with Gasteiger partial charge < -0.3 is 14.6 Å². The molecule has 0 aromatic heterocycles. The molecule has 0 fully saturated rings. The number of benzene rings is 2. The normalized spacial score (nSPS) is 10.3. The summed E-state index contributed by atoms with van der Waals surface area (Å²) in [6.45, 7) is 0. The van der Waals surface area contributed by atoms with Gasteiger partial charge in [0.25, 0.3) is 0 Å². The van der Waals surface area contributed by atoms with Crippen molar-refractivity contribution in [1.82, 2.24) is 0 Å². The minimum absolute atomic E-state index is 0.0730. The molecule has 0 saturated heterocycles. The van der Waals surface area contributed by atoms with E-state index in [0.717, 1.165) is 0 Å². The van der Waals surface area contributed by atoms with Gasteiger partial charge in [0, 0.05) is 10.9 Å². The van der Waals surface area contributed by atoms with E-state index in [2.05, 4.69) is 15.9 Å². The van der Waals surface area contributed by atoms with Gasteiger partial charge in [0.15, 0.2) is 0 Å². The minimum atomic E-state index is -1.26. The highest BCUT2D eigenvalue weighted by Gasteiger charge is 2.09. The van der Waals surface area contributed by atoms with E-state index in [1.165, 1.54) is 6.07 Å². The van der Waals surface area contributed by atoms with E-state index in [4.69, 9.17) is 4.74 Å². The fraction of sp³-hybridized carbons (Fsp3) is 0.0769. The van der Waals surface area contributed by atoms with Gasteiger partial charge in [-0.25, -0.2) is 0 Å². The maximum atomic E-state index is 11.2. The molecule has 2 aromatic rings. The van der Waals surface area contributed by atoms with Crippen LogP contribution in [0.5, 0.6) is 5.75 Å². The van der Waals surface area contributed by atoms with E-state index in [1.807, 2.05) is 0 Å². The lowest BCUT2D eigenvalue weighted by Crippen LogP contribution is -2.22. The summed E-state index contributed by atoms with van der Waals surface area (Å²) in [7, 11) is 0. The molecule has 0 aliphatic rings. The third-order valence-corrected chi connectivity index (χ3v) is 2.89. The van der Waals surface area contributed by atoms with Gasteiger partial charge in [-0.15, -0.1) is 0 Å². The lowest BCUT2D eigenvalue weighted by molar-refractivity contribution is -0.254. The van der Waals surface area contributed by atoms with Crippen LogP contribution in [0.3, 0.4) is 0 Å². The monoisotopic (exact) mass is 307 g/mol. The fourth-order valence-corrected chi connectivity index (χ4v) is 1.81. The third-order valence-electron chi connectivity index (χ3n) is 2.43. The Labute approximate surface area is 111 Å². The minimum Gasteiger partial charge on any atom is -0.545 e. The van der Waals surface area contributed by atoms with Crippen molar-refractivity contribution >= 4 is 38.6 Å². The quantitative estimate of drug-likeness (QED) is 0.490. The molecule has 0 saturated carbocycles. The molecule has 0 aliphatic heterocycles. The van der Waals surface area contributed by atoms with Gasteiger partial charge in [-0.2, -0.15) is 0 Å². The van der Waals surface area contributed by atoms with E-state index in [1.54, 1.807) is 30.3 Å². The second-order valence-electron chi connectivity index (χ2n) is 3.55. The molecule has 0 amide bonds. The molecule has 0 spiro atoms. The standard InChI is InChI=1S/C13H9BrO4/c14-7-12(15)18-11-6-2-3-8-9(11)4-1-5-10(8)13(16)17/h1-6H,7H2,(H,16,17)/p-1. The summed E-state index contributed by atoms with van der Waals surface area (Å²) in [6, 6.07) is 9.62. The molecule has 0 bridgehead atoms. The van der Waals surface area contributed by atoms with Gasteiger partial charge in [-0.05, 0) is 11.5 Å². The van der Waals surface area contributed by atoms with Crippen LogP contribution in [0.2, 0.25) is 0 Å². The van der Waals surface area contributed by atoms with Gasteiger partial charge in [0.1, 0.15) is 11.1 Å². The SMILES string of the molecule is O=C(CBr)Oc1cccc2c(C(=O)[O-])cccc12. The second-order valence-corrected chi connectivity index (χ2v) is 4.11. The number of esters is 1. The van der Waals surface area contributed by atoms with Crippen LogP contribution < -0.4 is 9.84 Å². The highest BCUT2D eigenvalue weighted by atomic mass is 79.9. The molecule has 4 nitrogen and oxygen atoms in total. The number of rotatable bonds is 3. The maximum absolute atomic E-state index is 11.2. The predicted molar refractivity (Wildman–Crippen MR) is 67.7 cm³/mol. The number of hydrogen-bond acceptors (Lipinski definition) is 4. The van der Waals surface area contributed by atoms with E-state index in [0.29, 0.717) is 16.5 Å². The van der Waals surface area contributed by atoms with Crippen molar-refractivity contribution in [2.45, 2.75) is 0 Å². The van der Waals surface area contributed by atoms with Crippen LogP contribution in [0.4, 0.5) is 0 Å². The van der Waals surface area contributed by atoms with E-state index < -0.39 is 11.9 Å². The van der Waals surface area contributed by atoms with Gasteiger partial charge >= 0.3 is 5.97 Å². The zero-order valence-corrected chi connectivity index (χ0v) is 10.8. The van der Waals surface area contributed by atoms with Crippen LogP contribution in [0.25, 0.3) is 10.8 Å². The Morgan fingerprint density at radius 1 is 1.11 bits per heavy atom. The Morgan fingerprint density at radius 3 is 2.44 bits per heavy atom. The molecule has 92 valence electrons. The molecular weight excluding hydrogens is 300 g/mol. The molecule has 0 heterocycles. The third kappa shape index (κ3) is 2.36. The summed E-state index contributed by atoms with van der Waals surface area (Å²) in [5.74, 6) is -1.37. The van der Waals surface area contributed by atoms with E-state index in [-0.39, 0.29) is 10.9 Å². The number of aromatic carboxylic acids is 1. The highest BCUT2D eigenvalue weighted by Crippen LogP contribution is 2.28. The van der Waals surface area contributed by atoms with Crippen LogP contribution in [0.1, 0.15) is 10.4 Å². The molecule has 0 unspecified atom stereocenters. The van der Waals surface area contributed by atoms with Crippen LogP contribution >= 0.6 is 15.9 Å². The summed E-state index contributed by atoms with van der Waals surface area (Å²) in [5.41, 5.74) is 0.0734. The van der Waals surface area contributed by atoms with Gasteiger partial charge in [-0.3, -0.25) is 4.79 Å². The molecule has 18 heavy (non-hydrogen) atoms. The molecule has 0 aliphatic carbocycles. The number of hydrogen-bond donors (Lipinski definition) is 0. The van der Waals surface area contributed by atoms with Crippen LogP contribution in [0.15, 0.2) is 36.4 Å². The number of halogens is 1. The molecule has 2 rings (SSSR count). The first kappa shape index (κ1) is 12.6. The topological polar surface area (TPSA) is 66.4 Å². The van der Waals surface area contributed by atoms with Gasteiger partial charge in [0.05, 0.1) is 5.97 Å². The number of carboxylic acid groups (broad SMARTS) is 1. The molecule has 2 aromatic carbocycles. The van der Waals surface area contributed by atoms with Crippen molar-refractivity contribution in [3.8, 4) is 5.75 Å². The average molecular weight is 308 g/mol. The van der Waals surface area contributed by atoms with Crippen LogP contribution in [-0.2, 0) is 4.79 Å².